The summed E-state index contributed by atoms with van der Waals surface area (Å²) in [6, 6.07) is 0. The molecule has 1 heterocycles. The lowest BCUT2D eigenvalue weighted by Crippen LogP contribution is -2.44. The Kier molecular flexibility index (Phi) is 3.27. The van der Waals surface area contributed by atoms with Crippen LogP contribution < -0.4 is 0 Å². The average Bonchev–Trinajstić information content (AvgIpc) is 2.51. The van der Waals surface area contributed by atoms with Gasteiger partial charge in [0.2, 0.25) is 0 Å². The zero-order valence-corrected chi connectivity index (χ0v) is 8.33. The first-order valence-electron chi connectivity index (χ1n) is 4.45. The van der Waals surface area contributed by atoms with E-state index in [0.717, 1.165) is 0 Å². The Morgan fingerprint density at radius 2 is 2.23 bits per heavy atom. The highest BCUT2D eigenvalue weighted by atomic mass is 16.6. The molecule has 4 nitrogen and oxygen atoms in total. The van der Waals surface area contributed by atoms with Gasteiger partial charge in [-0.05, 0) is 13.8 Å². The normalized spacial score (nSPS) is 28.0. The highest BCUT2D eigenvalue weighted by Gasteiger charge is 2.45. The molecule has 4 heteroatoms. The van der Waals surface area contributed by atoms with Crippen molar-refractivity contribution >= 4 is 5.97 Å². The molecule has 0 aromatic carbocycles. The standard InChI is InChI=1S/C9H16O4/c1-7(2)13-9(8(10)11-3)4-5-12-6-9/h7H,4-6H2,1-3H3. The first-order valence-corrected chi connectivity index (χ1v) is 4.45. The summed E-state index contributed by atoms with van der Waals surface area (Å²) in [6.07, 6.45) is 0.582. The minimum Gasteiger partial charge on any atom is -0.467 e. The average molecular weight is 188 g/mol. The second-order valence-corrected chi connectivity index (χ2v) is 3.46. The summed E-state index contributed by atoms with van der Waals surface area (Å²) in [5.74, 6) is -0.335. The second-order valence-electron chi connectivity index (χ2n) is 3.46. The zero-order chi connectivity index (χ0) is 9.90. The number of methoxy groups -OCH3 is 1. The monoisotopic (exact) mass is 188 g/mol. The van der Waals surface area contributed by atoms with E-state index in [1.807, 2.05) is 13.8 Å². The maximum Gasteiger partial charge on any atom is 0.340 e. The Morgan fingerprint density at radius 1 is 1.54 bits per heavy atom. The van der Waals surface area contributed by atoms with Crippen LogP contribution in [0.2, 0.25) is 0 Å². The lowest BCUT2D eigenvalue weighted by molar-refractivity contribution is -0.175. The predicted molar refractivity (Wildman–Crippen MR) is 46.4 cm³/mol. The Balaban J connectivity index is 2.68. The van der Waals surface area contributed by atoms with Crippen LogP contribution in [0.15, 0.2) is 0 Å². The van der Waals surface area contributed by atoms with Crippen molar-refractivity contribution < 1.29 is 19.0 Å². The quantitative estimate of drug-likeness (QED) is 0.613. The van der Waals surface area contributed by atoms with Gasteiger partial charge in [-0.3, -0.25) is 0 Å². The van der Waals surface area contributed by atoms with Gasteiger partial charge in [0.1, 0.15) is 0 Å². The molecular formula is C9H16O4. The molecule has 1 atom stereocenters. The zero-order valence-electron chi connectivity index (χ0n) is 8.33. The molecule has 1 unspecified atom stereocenters. The van der Waals surface area contributed by atoms with Crippen LogP contribution >= 0.6 is 0 Å². The van der Waals surface area contributed by atoms with Crippen LogP contribution in [0.3, 0.4) is 0 Å². The molecule has 0 bridgehead atoms. The Bertz CT molecular complexity index is 182. The van der Waals surface area contributed by atoms with Crippen LogP contribution in [0.4, 0.5) is 0 Å². The molecular weight excluding hydrogens is 172 g/mol. The van der Waals surface area contributed by atoms with Gasteiger partial charge >= 0.3 is 5.97 Å². The molecule has 0 saturated carbocycles. The predicted octanol–water partition coefficient (Wildman–Crippen LogP) is 0.743. The fraction of sp³-hybridized carbons (Fsp3) is 0.889. The smallest absolute Gasteiger partial charge is 0.340 e. The largest absolute Gasteiger partial charge is 0.467 e. The van der Waals surface area contributed by atoms with Crippen molar-refractivity contribution in [1.82, 2.24) is 0 Å². The first kappa shape index (κ1) is 10.5. The molecule has 0 aromatic heterocycles. The lowest BCUT2D eigenvalue weighted by Gasteiger charge is -2.26. The highest BCUT2D eigenvalue weighted by Crippen LogP contribution is 2.26. The van der Waals surface area contributed by atoms with E-state index in [1.54, 1.807) is 0 Å². The van der Waals surface area contributed by atoms with Crippen LogP contribution in [0, 0.1) is 0 Å². The van der Waals surface area contributed by atoms with Crippen molar-refractivity contribution in [3.63, 3.8) is 0 Å². The van der Waals surface area contributed by atoms with Gasteiger partial charge in [0.05, 0.1) is 26.4 Å². The number of esters is 1. The van der Waals surface area contributed by atoms with Crippen LogP contribution in [-0.4, -0.2) is 38.0 Å². The minimum absolute atomic E-state index is 0.000741. The third-order valence-corrected chi connectivity index (χ3v) is 2.00. The van der Waals surface area contributed by atoms with Crippen molar-refractivity contribution in [1.29, 1.82) is 0 Å². The number of carbonyl (C=O) groups is 1. The van der Waals surface area contributed by atoms with Crippen molar-refractivity contribution in [2.24, 2.45) is 0 Å². The summed E-state index contributed by atoms with van der Waals surface area (Å²) in [5.41, 5.74) is -0.858. The topological polar surface area (TPSA) is 44.8 Å². The Hall–Kier alpha value is -0.610. The molecule has 0 spiro atoms. The van der Waals surface area contributed by atoms with Gasteiger partial charge < -0.3 is 14.2 Å². The van der Waals surface area contributed by atoms with Crippen LogP contribution in [0.25, 0.3) is 0 Å². The van der Waals surface area contributed by atoms with Crippen LogP contribution in [0.1, 0.15) is 20.3 Å². The number of rotatable bonds is 3. The van der Waals surface area contributed by atoms with Crippen LogP contribution in [-0.2, 0) is 19.0 Å². The summed E-state index contributed by atoms with van der Waals surface area (Å²) < 4.78 is 15.4. The lowest BCUT2D eigenvalue weighted by atomic mass is 10.0. The fourth-order valence-electron chi connectivity index (χ4n) is 1.49. The maximum atomic E-state index is 11.4. The van der Waals surface area contributed by atoms with E-state index < -0.39 is 5.60 Å². The van der Waals surface area contributed by atoms with Crippen LogP contribution in [0.5, 0.6) is 0 Å². The maximum absolute atomic E-state index is 11.4. The highest BCUT2D eigenvalue weighted by molar-refractivity contribution is 5.80. The second kappa shape index (κ2) is 4.07. The van der Waals surface area contributed by atoms with Crippen molar-refractivity contribution in [3.05, 3.63) is 0 Å². The molecule has 1 aliphatic rings. The van der Waals surface area contributed by atoms with Gasteiger partial charge in [0, 0.05) is 6.42 Å². The Morgan fingerprint density at radius 3 is 2.62 bits per heavy atom. The number of carbonyl (C=O) groups excluding carboxylic acids is 1. The third-order valence-electron chi connectivity index (χ3n) is 2.00. The van der Waals surface area contributed by atoms with Gasteiger partial charge in [0.25, 0.3) is 0 Å². The molecule has 1 rings (SSSR count). The molecule has 0 aromatic rings. The van der Waals surface area contributed by atoms with E-state index >= 15 is 0 Å². The van der Waals surface area contributed by atoms with Gasteiger partial charge in [-0.1, -0.05) is 0 Å². The summed E-state index contributed by atoms with van der Waals surface area (Å²) >= 11 is 0. The molecule has 0 N–H and O–H groups in total. The molecule has 76 valence electrons. The Labute approximate surface area is 78.2 Å². The van der Waals surface area contributed by atoms with E-state index in [4.69, 9.17) is 14.2 Å². The van der Waals surface area contributed by atoms with Crippen molar-refractivity contribution in [2.45, 2.75) is 32.0 Å². The fourth-order valence-corrected chi connectivity index (χ4v) is 1.49. The molecule has 0 amide bonds. The van der Waals surface area contributed by atoms with E-state index in [9.17, 15) is 4.79 Å². The molecule has 1 fully saturated rings. The van der Waals surface area contributed by atoms with Gasteiger partial charge in [-0.15, -0.1) is 0 Å². The van der Waals surface area contributed by atoms with E-state index in [1.165, 1.54) is 7.11 Å². The SMILES string of the molecule is COC(=O)C1(OC(C)C)CCOC1. The van der Waals surface area contributed by atoms with Crippen molar-refractivity contribution in [2.75, 3.05) is 20.3 Å². The first-order chi connectivity index (χ1) is 6.10. The number of hydrogen-bond acceptors (Lipinski definition) is 4. The molecule has 0 aliphatic carbocycles. The van der Waals surface area contributed by atoms with E-state index in [2.05, 4.69) is 0 Å². The number of ether oxygens (including phenoxy) is 3. The molecule has 0 radical (unpaired) electrons. The van der Waals surface area contributed by atoms with Crippen molar-refractivity contribution in [3.8, 4) is 0 Å². The molecule has 13 heavy (non-hydrogen) atoms. The summed E-state index contributed by atoms with van der Waals surface area (Å²) in [5, 5.41) is 0. The molecule has 1 saturated heterocycles. The van der Waals surface area contributed by atoms with E-state index in [-0.39, 0.29) is 12.1 Å². The molecule has 1 aliphatic heterocycles. The summed E-state index contributed by atoms with van der Waals surface area (Å²) in [6.45, 7) is 4.64. The van der Waals surface area contributed by atoms with Gasteiger partial charge in [-0.25, -0.2) is 4.79 Å². The van der Waals surface area contributed by atoms with Gasteiger partial charge in [-0.2, -0.15) is 0 Å². The summed E-state index contributed by atoms with van der Waals surface area (Å²) in [4.78, 5) is 11.4. The minimum atomic E-state index is -0.858. The third kappa shape index (κ3) is 2.19. The van der Waals surface area contributed by atoms with E-state index in [0.29, 0.717) is 19.6 Å². The number of hydrogen-bond donors (Lipinski definition) is 0. The van der Waals surface area contributed by atoms with Gasteiger partial charge in [0.15, 0.2) is 5.60 Å². The summed E-state index contributed by atoms with van der Waals surface area (Å²) in [7, 11) is 1.37.